The van der Waals surface area contributed by atoms with Gasteiger partial charge in [-0.3, -0.25) is 4.90 Å². The van der Waals surface area contributed by atoms with Crippen LogP contribution in [0.3, 0.4) is 0 Å². The second-order valence-electron chi connectivity index (χ2n) is 5.29. The largest absolute Gasteiger partial charge is 0.365 e. The van der Waals surface area contributed by atoms with Gasteiger partial charge in [-0.25, -0.2) is 19.3 Å². The number of aromatic nitrogens is 3. The van der Waals surface area contributed by atoms with Gasteiger partial charge in [0.05, 0.1) is 12.4 Å². The fourth-order valence-electron chi connectivity index (χ4n) is 2.64. The standard InChI is InChI=1S/C14H18FN5S/c1-16-14-19-7-12(21-14)9-20-3-2-10(8-20)4-13-17-5-11(15)6-18-13/h5-7,10H,2-4,8-9H2,1H3,(H,16,19)/t10-/m1/s1. The number of nitrogens with one attached hydrogen (secondary N) is 1. The molecular weight excluding hydrogens is 289 g/mol. The first-order valence-electron chi connectivity index (χ1n) is 7.04. The van der Waals surface area contributed by atoms with Gasteiger partial charge in [-0.2, -0.15) is 0 Å². The zero-order chi connectivity index (χ0) is 14.7. The van der Waals surface area contributed by atoms with Gasteiger partial charge >= 0.3 is 0 Å². The van der Waals surface area contributed by atoms with Gasteiger partial charge in [0.1, 0.15) is 5.82 Å². The Bertz CT molecular complexity index is 585. The first-order valence-corrected chi connectivity index (χ1v) is 7.86. The maximum absolute atomic E-state index is 12.8. The third kappa shape index (κ3) is 3.74. The van der Waals surface area contributed by atoms with E-state index in [4.69, 9.17) is 0 Å². The van der Waals surface area contributed by atoms with Gasteiger partial charge in [-0.05, 0) is 18.9 Å². The zero-order valence-electron chi connectivity index (χ0n) is 11.9. The summed E-state index contributed by atoms with van der Waals surface area (Å²) in [5.41, 5.74) is 0. The third-order valence-corrected chi connectivity index (χ3v) is 4.66. The molecule has 1 saturated heterocycles. The predicted molar refractivity (Wildman–Crippen MR) is 80.7 cm³/mol. The van der Waals surface area contributed by atoms with Crippen LogP contribution in [0.25, 0.3) is 0 Å². The van der Waals surface area contributed by atoms with Crippen molar-refractivity contribution in [2.24, 2.45) is 5.92 Å². The Balaban J connectivity index is 1.52. The molecular formula is C14H18FN5S. The van der Waals surface area contributed by atoms with Gasteiger partial charge in [0.15, 0.2) is 10.9 Å². The van der Waals surface area contributed by atoms with Crippen molar-refractivity contribution in [2.45, 2.75) is 19.4 Å². The highest BCUT2D eigenvalue weighted by Crippen LogP contribution is 2.24. The van der Waals surface area contributed by atoms with Gasteiger partial charge in [0.25, 0.3) is 0 Å². The number of anilines is 1. The molecule has 0 amide bonds. The minimum absolute atomic E-state index is 0.377. The van der Waals surface area contributed by atoms with Crippen molar-refractivity contribution < 1.29 is 4.39 Å². The lowest BCUT2D eigenvalue weighted by molar-refractivity contribution is 0.318. The molecule has 0 unspecified atom stereocenters. The number of hydrogen-bond donors (Lipinski definition) is 1. The Hall–Kier alpha value is -1.60. The maximum atomic E-state index is 12.8. The van der Waals surface area contributed by atoms with Crippen LogP contribution in [0.1, 0.15) is 17.1 Å². The molecule has 3 rings (SSSR count). The van der Waals surface area contributed by atoms with Gasteiger partial charge in [0, 0.05) is 37.6 Å². The van der Waals surface area contributed by atoms with Crippen LogP contribution in [0.4, 0.5) is 9.52 Å². The Morgan fingerprint density at radius 3 is 2.86 bits per heavy atom. The summed E-state index contributed by atoms with van der Waals surface area (Å²) in [7, 11) is 1.89. The summed E-state index contributed by atoms with van der Waals surface area (Å²) in [5, 5.41) is 4.02. The molecule has 5 nitrogen and oxygen atoms in total. The molecule has 0 saturated carbocycles. The SMILES string of the molecule is CNc1ncc(CN2CC[C@H](Cc3ncc(F)cn3)C2)s1. The highest BCUT2D eigenvalue weighted by molar-refractivity contribution is 7.15. The van der Waals surface area contributed by atoms with Crippen LogP contribution < -0.4 is 5.32 Å². The van der Waals surface area contributed by atoms with Gasteiger partial charge in [-0.1, -0.05) is 0 Å². The molecule has 21 heavy (non-hydrogen) atoms. The molecule has 0 aromatic carbocycles. The lowest BCUT2D eigenvalue weighted by Gasteiger charge is -2.14. The second kappa shape index (κ2) is 6.44. The quantitative estimate of drug-likeness (QED) is 0.917. The zero-order valence-corrected chi connectivity index (χ0v) is 12.7. The van der Waals surface area contributed by atoms with Crippen LogP contribution in [0.15, 0.2) is 18.6 Å². The van der Waals surface area contributed by atoms with Crippen LogP contribution >= 0.6 is 11.3 Å². The molecule has 2 aromatic rings. The number of halogens is 1. The molecule has 0 bridgehead atoms. The van der Waals surface area contributed by atoms with E-state index in [1.165, 1.54) is 17.3 Å². The lowest BCUT2D eigenvalue weighted by atomic mass is 10.0. The first-order chi connectivity index (χ1) is 10.2. The molecule has 0 aliphatic carbocycles. The lowest BCUT2D eigenvalue weighted by Crippen LogP contribution is -2.20. The molecule has 7 heteroatoms. The average Bonchev–Trinajstić information content (AvgIpc) is 3.11. The molecule has 1 atom stereocenters. The van der Waals surface area contributed by atoms with E-state index in [-0.39, 0.29) is 5.82 Å². The summed E-state index contributed by atoms with van der Waals surface area (Å²) in [6, 6.07) is 0. The molecule has 3 heterocycles. The number of hydrogen-bond acceptors (Lipinski definition) is 6. The molecule has 0 spiro atoms. The van der Waals surface area contributed by atoms with Gasteiger partial charge in [-0.15, -0.1) is 11.3 Å². The Morgan fingerprint density at radius 1 is 1.33 bits per heavy atom. The van der Waals surface area contributed by atoms with Crippen molar-refractivity contribution in [3.05, 3.63) is 35.1 Å². The number of thiazole rings is 1. The van der Waals surface area contributed by atoms with Crippen LogP contribution in [0, 0.1) is 11.7 Å². The van der Waals surface area contributed by atoms with E-state index in [1.54, 1.807) is 11.3 Å². The normalized spacial score (nSPS) is 19.0. The van der Waals surface area contributed by atoms with Crippen LogP contribution in [0.2, 0.25) is 0 Å². The Kier molecular flexibility index (Phi) is 4.40. The highest BCUT2D eigenvalue weighted by atomic mass is 32.1. The molecule has 112 valence electrons. The van der Waals surface area contributed by atoms with Crippen molar-refractivity contribution >= 4 is 16.5 Å². The van der Waals surface area contributed by atoms with E-state index in [0.29, 0.717) is 5.92 Å². The fourth-order valence-corrected chi connectivity index (χ4v) is 3.45. The molecule has 1 fully saturated rings. The Labute approximate surface area is 127 Å². The van der Waals surface area contributed by atoms with E-state index < -0.39 is 0 Å². The molecule has 1 aliphatic rings. The topological polar surface area (TPSA) is 53.9 Å². The van der Waals surface area contributed by atoms with Crippen LogP contribution in [-0.2, 0) is 13.0 Å². The molecule has 1 N–H and O–H groups in total. The van der Waals surface area contributed by atoms with Crippen molar-refractivity contribution in [2.75, 3.05) is 25.5 Å². The van der Waals surface area contributed by atoms with Gasteiger partial charge < -0.3 is 5.32 Å². The van der Waals surface area contributed by atoms with Crippen molar-refractivity contribution in [3.8, 4) is 0 Å². The van der Waals surface area contributed by atoms with Gasteiger partial charge in [0.2, 0.25) is 0 Å². The van der Waals surface area contributed by atoms with Crippen molar-refractivity contribution in [3.63, 3.8) is 0 Å². The summed E-state index contributed by atoms with van der Waals surface area (Å²) in [5.74, 6) is 0.906. The first kappa shape index (κ1) is 14.3. The van der Waals surface area contributed by atoms with E-state index in [1.807, 2.05) is 13.2 Å². The minimum atomic E-state index is -0.377. The number of likely N-dealkylation sites (tertiary alicyclic amines) is 1. The van der Waals surface area contributed by atoms with Crippen molar-refractivity contribution in [1.29, 1.82) is 0 Å². The van der Waals surface area contributed by atoms with E-state index >= 15 is 0 Å². The summed E-state index contributed by atoms with van der Waals surface area (Å²) in [6.07, 6.45) is 6.38. The third-order valence-electron chi connectivity index (χ3n) is 3.66. The van der Waals surface area contributed by atoms with Crippen LogP contribution in [0.5, 0.6) is 0 Å². The monoisotopic (exact) mass is 307 g/mol. The second-order valence-corrected chi connectivity index (χ2v) is 6.41. The number of nitrogens with zero attached hydrogens (tertiary/aromatic N) is 4. The summed E-state index contributed by atoms with van der Waals surface area (Å²) in [4.78, 5) is 16.1. The highest BCUT2D eigenvalue weighted by Gasteiger charge is 2.24. The van der Waals surface area contributed by atoms with Crippen LogP contribution in [-0.4, -0.2) is 40.0 Å². The predicted octanol–water partition coefficient (Wildman–Crippen LogP) is 2.18. The summed E-state index contributed by atoms with van der Waals surface area (Å²) in [6.45, 7) is 3.06. The molecule has 1 aliphatic heterocycles. The minimum Gasteiger partial charge on any atom is -0.365 e. The van der Waals surface area contributed by atoms with E-state index in [9.17, 15) is 4.39 Å². The molecule has 0 radical (unpaired) electrons. The number of rotatable bonds is 5. The van der Waals surface area contributed by atoms with E-state index in [2.05, 4.69) is 25.2 Å². The van der Waals surface area contributed by atoms with E-state index in [0.717, 1.165) is 43.4 Å². The Morgan fingerprint density at radius 2 is 2.14 bits per heavy atom. The summed E-state index contributed by atoms with van der Waals surface area (Å²) >= 11 is 1.70. The summed E-state index contributed by atoms with van der Waals surface area (Å²) < 4.78 is 12.8. The molecule has 2 aromatic heterocycles. The fraction of sp³-hybridized carbons (Fsp3) is 0.500. The maximum Gasteiger partial charge on any atom is 0.182 e. The average molecular weight is 307 g/mol. The smallest absolute Gasteiger partial charge is 0.182 e. The van der Waals surface area contributed by atoms with Crippen molar-refractivity contribution in [1.82, 2.24) is 19.9 Å².